The van der Waals surface area contributed by atoms with Gasteiger partial charge in [0.1, 0.15) is 0 Å². The molecule has 1 aliphatic carbocycles. The number of methoxy groups -OCH3 is 1. The number of anilines is 1. The predicted molar refractivity (Wildman–Crippen MR) is 99.3 cm³/mol. The van der Waals surface area contributed by atoms with Crippen LogP contribution in [0.2, 0.25) is 0 Å². The van der Waals surface area contributed by atoms with Gasteiger partial charge in [-0.15, -0.1) is 0 Å². The molecular weight excluding hydrogens is 330 g/mol. The topological polar surface area (TPSA) is 80.5 Å². The fourth-order valence-corrected chi connectivity index (χ4v) is 2.75. The number of hydrogen-bond donors (Lipinski definition) is 2. The summed E-state index contributed by atoms with van der Waals surface area (Å²) in [7, 11) is 1.66. The Morgan fingerprint density at radius 1 is 1.31 bits per heavy atom. The van der Waals surface area contributed by atoms with Gasteiger partial charge in [0.25, 0.3) is 5.91 Å². The fraction of sp³-hybridized carbons (Fsp3) is 0.316. The van der Waals surface area contributed by atoms with Gasteiger partial charge in [-0.2, -0.15) is 0 Å². The highest BCUT2D eigenvalue weighted by molar-refractivity contribution is 5.95. The number of nitrogens with zero attached hydrogens (tertiary/aromatic N) is 3. The van der Waals surface area contributed by atoms with Crippen LogP contribution in [0.4, 0.5) is 5.82 Å². The van der Waals surface area contributed by atoms with E-state index in [-0.39, 0.29) is 5.91 Å². The molecule has 26 heavy (non-hydrogen) atoms. The van der Waals surface area contributed by atoms with Crippen LogP contribution in [0.5, 0.6) is 0 Å². The molecule has 134 valence electrons. The second kappa shape index (κ2) is 7.13. The van der Waals surface area contributed by atoms with Gasteiger partial charge in [0.05, 0.1) is 12.3 Å². The van der Waals surface area contributed by atoms with Crippen LogP contribution in [0.1, 0.15) is 23.2 Å². The maximum Gasteiger partial charge on any atom is 0.251 e. The van der Waals surface area contributed by atoms with E-state index in [0.29, 0.717) is 30.6 Å². The summed E-state index contributed by atoms with van der Waals surface area (Å²) in [6.07, 6.45) is 7.73. The summed E-state index contributed by atoms with van der Waals surface area (Å²) in [6, 6.07) is 7.88. The summed E-state index contributed by atoms with van der Waals surface area (Å²) in [4.78, 5) is 21.2. The number of imidazole rings is 1. The summed E-state index contributed by atoms with van der Waals surface area (Å²) >= 11 is 0. The molecule has 7 nitrogen and oxygen atoms in total. The van der Waals surface area contributed by atoms with Crippen LogP contribution in [0, 0.1) is 0 Å². The Labute approximate surface area is 151 Å². The average molecular weight is 351 g/mol. The molecule has 0 bridgehead atoms. The second-order valence-electron chi connectivity index (χ2n) is 6.38. The zero-order valence-electron chi connectivity index (χ0n) is 14.6. The normalized spacial score (nSPS) is 13.7. The van der Waals surface area contributed by atoms with Crippen LogP contribution in [0.25, 0.3) is 16.9 Å². The lowest BCUT2D eigenvalue weighted by molar-refractivity contribution is 0.0951. The van der Waals surface area contributed by atoms with Gasteiger partial charge < -0.3 is 19.8 Å². The third kappa shape index (κ3) is 3.52. The lowest BCUT2D eigenvalue weighted by Gasteiger charge is -2.10. The van der Waals surface area contributed by atoms with E-state index in [1.54, 1.807) is 13.3 Å². The van der Waals surface area contributed by atoms with Gasteiger partial charge in [-0.1, -0.05) is 12.1 Å². The highest BCUT2D eigenvalue weighted by Crippen LogP contribution is 2.23. The van der Waals surface area contributed by atoms with E-state index in [1.165, 1.54) is 0 Å². The zero-order valence-corrected chi connectivity index (χ0v) is 14.6. The number of aromatic nitrogens is 3. The van der Waals surface area contributed by atoms with Crippen LogP contribution in [0.15, 0.2) is 42.9 Å². The Morgan fingerprint density at radius 3 is 2.85 bits per heavy atom. The van der Waals surface area contributed by atoms with Crippen LogP contribution >= 0.6 is 0 Å². The minimum absolute atomic E-state index is 0.0148. The largest absolute Gasteiger partial charge is 0.383 e. The van der Waals surface area contributed by atoms with E-state index in [0.717, 1.165) is 29.7 Å². The Kier molecular flexibility index (Phi) is 4.53. The predicted octanol–water partition coefficient (Wildman–Crippen LogP) is 2.35. The lowest BCUT2D eigenvalue weighted by atomic mass is 10.1. The molecule has 2 heterocycles. The van der Waals surface area contributed by atoms with Gasteiger partial charge >= 0.3 is 0 Å². The van der Waals surface area contributed by atoms with Crippen molar-refractivity contribution >= 4 is 17.4 Å². The molecule has 1 aliphatic rings. The quantitative estimate of drug-likeness (QED) is 0.639. The van der Waals surface area contributed by atoms with E-state index in [9.17, 15) is 4.79 Å². The lowest BCUT2D eigenvalue weighted by Crippen LogP contribution is -2.25. The maximum atomic E-state index is 12.1. The van der Waals surface area contributed by atoms with Crippen molar-refractivity contribution in [1.82, 2.24) is 19.7 Å². The van der Waals surface area contributed by atoms with E-state index in [4.69, 9.17) is 9.72 Å². The minimum Gasteiger partial charge on any atom is -0.383 e. The molecule has 0 unspecified atom stereocenters. The summed E-state index contributed by atoms with van der Waals surface area (Å²) in [5.41, 5.74) is 3.19. The Balaban J connectivity index is 1.59. The van der Waals surface area contributed by atoms with Crippen molar-refractivity contribution in [1.29, 1.82) is 0 Å². The Bertz CT molecular complexity index is 915. The van der Waals surface area contributed by atoms with Crippen LogP contribution < -0.4 is 10.6 Å². The molecule has 4 rings (SSSR count). The number of amides is 1. The first-order chi connectivity index (χ1) is 12.7. The van der Waals surface area contributed by atoms with Gasteiger partial charge in [-0.3, -0.25) is 4.79 Å². The maximum absolute atomic E-state index is 12.1. The third-order valence-corrected chi connectivity index (χ3v) is 4.33. The standard InChI is InChI=1S/C19H21N5O2/c1-26-11-9-20-17-18-21-8-10-24(18)12-16(23-17)13-2-4-14(5-3-13)19(25)22-15-6-7-15/h2-5,8,10,12,15H,6-7,9,11H2,1H3,(H,20,23)(H,22,25). The molecule has 0 radical (unpaired) electrons. The summed E-state index contributed by atoms with van der Waals surface area (Å²) in [6.45, 7) is 1.24. The molecule has 1 saturated carbocycles. The van der Waals surface area contributed by atoms with Crippen molar-refractivity contribution in [2.45, 2.75) is 18.9 Å². The van der Waals surface area contributed by atoms with Crippen LogP contribution in [-0.2, 0) is 4.74 Å². The Morgan fingerprint density at radius 2 is 2.12 bits per heavy atom. The molecule has 7 heteroatoms. The first-order valence-electron chi connectivity index (χ1n) is 8.72. The van der Waals surface area contributed by atoms with Gasteiger partial charge in [-0.25, -0.2) is 9.97 Å². The highest BCUT2D eigenvalue weighted by Gasteiger charge is 2.23. The number of fused-ring (bicyclic) bond motifs is 1. The molecule has 0 atom stereocenters. The van der Waals surface area contributed by atoms with Crippen molar-refractivity contribution in [2.75, 3.05) is 25.6 Å². The molecule has 0 spiro atoms. The Hall–Kier alpha value is -2.93. The summed E-state index contributed by atoms with van der Waals surface area (Å²) in [5.74, 6) is 0.694. The number of carbonyl (C=O) groups excluding carboxylic acids is 1. The number of ether oxygens (including phenoxy) is 1. The molecule has 1 fully saturated rings. The molecule has 0 aliphatic heterocycles. The smallest absolute Gasteiger partial charge is 0.251 e. The van der Waals surface area contributed by atoms with E-state index in [2.05, 4.69) is 15.6 Å². The molecule has 2 aromatic heterocycles. The number of nitrogens with one attached hydrogen (secondary N) is 2. The van der Waals surface area contributed by atoms with Crippen molar-refractivity contribution in [2.24, 2.45) is 0 Å². The number of hydrogen-bond acceptors (Lipinski definition) is 5. The molecule has 3 aromatic rings. The SMILES string of the molecule is COCCNc1nc(-c2ccc(C(=O)NC3CC3)cc2)cn2ccnc12. The van der Waals surface area contributed by atoms with Gasteiger partial charge in [-0.05, 0) is 25.0 Å². The van der Waals surface area contributed by atoms with E-state index < -0.39 is 0 Å². The van der Waals surface area contributed by atoms with E-state index in [1.807, 2.05) is 41.1 Å². The van der Waals surface area contributed by atoms with Crippen LogP contribution in [0.3, 0.4) is 0 Å². The van der Waals surface area contributed by atoms with Crippen molar-refractivity contribution < 1.29 is 9.53 Å². The second-order valence-corrected chi connectivity index (χ2v) is 6.38. The summed E-state index contributed by atoms with van der Waals surface area (Å²) < 4.78 is 7.02. The molecular formula is C19H21N5O2. The molecule has 2 N–H and O–H groups in total. The van der Waals surface area contributed by atoms with E-state index >= 15 is 0 Å². The third-order valence-electron chi connectivity index (χ3n) is 4.33. The first kappa shape index (κ1) is 16.5. The highest BCUT2D eigenvalue weighted by atomic mass is 16.5. The number of rotatable bonds is 7. The van der Waals surface area contributed by atoms with Crippen LogP contribution in [-0.4, -0.2) is 46.6 Å². The van der Waals surface area contributed by atoms with Gasteiger partial charge in [0, 0.05) is 49.4 Å². The van der Waals surface area contributed by atoms with Gasteiger partial charge in [0.15, 0.2) is 11.5 Å². The first-order valence-corrected chi connectivity index (χ1v) is 8.72. The minimum atomic E-state index is -0.0148. The average Bonchev–Trinajstić information content (AvgIpc) is 3.34. The van der Waals surface area contributed by atoms with Gasteiger partial charge in [0.2, 0.25) is 0 Å². The van der Waals surface area contributed by atoms with Crippen molar-refractivity contribution in [3.63, 3.8) is 0 Å². The molecule has 0 saturated heterocycles. The molecule has 1 amide bonds. The fourth-order valence-electron chi connectivity index (χ4n) is 2.75. The monoisotopic (exact) mass is 351 g/mol. The summed E-state index contributed by atoms with van der Waals surface area (Å²) in [5, 5.41) is 6.26. The number of benzene rings is 1. The molecule has 1 aromatic carbocycles. The van der Waals surface area contributed by atoms with Crippen molar-refractivity contribution in [3.8, 4) is 11.3 Å². The van der Waals surface area contributed by atoms with Crippen molar-refractivity contribution in [3.05, 3.63) is 48.4 Å². The zero-order chi connectivity index (χ0) is 17.9. The number of carbonyl (C=O) groups is 1.